The Morgan fingerprint density at radius 1 is 1.36 bits per heavy atom. The zero-order valence-electron chi connectivity index (χ0n) is 16.3. The van der Waals surface area contributed by atoms with Crippen molar-refractivity contribution >= 4 is 5.96 Å². The van der Waals surface area contributed by atoms with Crippen LogP contribution >= 0.6 is 0 Å². The average molecular weight is 344 g/mol. The van der Waals surface area contributed by atoms with Crippen molar-refractivity contribution in [1.29, 1.82) is 0 Å². The maximum Gasteiger partial charge on any atom is 0.193 e. The van der Waals surface area contributed by atoms with Crippen molar-refractivity contribution in [3.8, 4) is 0 Å². The molecule has 2 fully saturated rings. The van der Waals surface area contributed by atoms with Crippen LogP contribution in [0.25, 0.3) is 0 Å². The Balaban J connectivity index is 1.72. The standard InChI is InChI=1S/C21H33N3O/c1-5-22-19(24-11-9-21(15-24)10-12-25-16-21)23-14-20(3,4)18-8-6-7-17(2)13-18/h6-8,13H,5,9-12,14-16H2,1-4H3,(H,22,23). The predicted octanol–water partition coefficient (Wildman–Crippen LogP) is 3.35. The van der Waals surface area contributed by atoms with Gasteiger partial charge in [-0.05, 0) is 32.3 Å². The van der Waals surface area contributed by atoms with Crippen molar-refractivity contribution in [2.24, 2.45) is 10.4 Å². The van der Waals surface area contributed by atoms with Crippen LogP contribution in [-0.4, -0.2) is 50.3 Å². The second-order valence-corrected chi connectivity index (χ2v) is 8.40. The predicted molar refractivity (Wildman–Crippen MR) is 104 cm³/mol. The zero-order chi connectivity index (χ0) is 17.9. The quantitative estimate of drug-likeness (QED) is 0.673. The Morgan fingerprint density at radius 3 is 2.88 bits per heavy atom. The summed E-state index contributed by atoms with van der Waals surface area (Å²) in [5.74, 6) is 1.06. The van der Waals surface area contributed by atoms with Gasteiger partial charge < -0.3 is 15.0 Å². The van der Waals surface area contributed by atoms with Crippen LogP contribution in [0.3, 0.4) is 0 Å². The van der Waals surface area contributed by atoms with E-state index in [1.165, 1.54) is 24.0 Å². The lowest BCUT2D eigenvalue weighted by Crippen LogP contribution is -2.42. The van der Waals surface area contributed by atoms with E-state index in [2.05, 4.69) is 62.2 Å². The minimum atomic E-state index is 0.0283. The molecule has 1 unspecified atom stereocenters. The number of guanidine groups is 1. The maximum atomic E-state index is 5.67. The highest BCUT2D eigenvalue weighted by Gasteiger charge is 2.42. The summed E-state index contributed by atoms with van der Waals surface area (Å²) in [5.41, 5.74) is 3.06. The fraction of sp³-hybridized carbons (Fsp3) is 0.667. The monoisotopic (exact) mass is 343 g/mol. The highest BCUT2D eigenvalue weighted by atomic mass is 16.5. The smallest absolute Gasteiger partial charge is 0.193 e. The van der Waals surface area contributed by atoms with E-state index in [0.29, 0.717) is 5.41 Å². The molecule has 2 aliphatic rings. The lowest BCUT2D eigenvalue weighted by Gasteiger charge is -2.28. The fourth-order valence-corrected chi connectivity index (χ4v) is 3.94. The third kappa shape index (κ3) is 4.17. The average Bonchev–Trinajstić information content (AvgIpc) is 3.22. The summed E-state index contributed by atoms with van der Waals surface area (Å²) < 4.78 is 5.67. The van der Waals surface area contributed by atoms with Crippen LogP contribution in [0.2, 0.25) is 0 Å². The molecule has 0 saturated carbocycles. The van der Waals surface area contributed by atoms with Crippen molar-refractivity contribution in [2.75, 3.05) is 39.4 Å². The van der Waals surface area contributed by atoms with Gasteiger partial charge in [-0.25, -0.2) is 0 Å². The number of benzene rings is 1. The molecule has 4 heteroatoms. The summed E-state index contributed by atoms with van der Waals surface area (Å²) in [5, 5.41) is 3.50. The van der Waals surface area contributed by atoms with Crippen LogP contribution in [0.4, 0.5) is 0 Å². The highest BCUT2D eigenvalue weighted by molar-refractivity contribution is 5.80. The van der Waals surface area contributed by atoms with Gasteiger partial charge in [-0.15, -0.1) is 0 Å². The summed E-state index contributed by atoms with van der Waals surface area (Å²) >= 11 is 0. The number of hydrogen-bond acceptors (Lipinski definition) is 2. The van der Waals surface area contributed by atoms with Crippen LogP contribution in [0.5, 0.6) is 0 Å². The molecule has 1 atom stereocenters. The van der Waals surface area contributed by atoms with Gasteiger partial charge in [0.25, 0.3) is 0 Å². The Morgan fingerprint density at radius 2 is 2.20 bits per heavy atom. The summed E-state index contributed by atoms with van der Waals surface area (Å²) in [7, 11) is 0. The molecule has 0 aliphatic carbocycles. The lowest BCUT2D eigenvalue weighted by atomic mass is 9.84. The normalized spacial score (nSPS) is 24.3. The van der Waals surface area contributed by atoms with Gasteiger partial charge in [0.15, 0.2) is 5.96 Å². The third-order valence-electron chi connectivity index (χ3n) is 5.68. The van der Waals surface area contributed by atoms with Crippen LogP contribution in [0.15, 0.2) is 29.3 Å². The van der Waals surface area contributed by atoms with Gasteiger partial charge in [0, 0.05) is 37.1 Å². The molecule has 138 valence electrons. The molecule has 0 amide bonds. The molecular formula is C21H33N3O. The molecule has 2 heterocycles. The Kier molecular flexibility index (Phi) is 5.38. The van der Waals surface area contributed by atoms with Gasteiger partial charge in [-0.1, -0.05) is 43.7 Å². The van der Waals surface area contributed by atoms with Crippen LogP contribution in [-0.2, 0) is 10.2 Å². The third-order valence-corrected chi connectivity index (χ3v) is 5.68. The number of rotatable bonds is 4. The highest BCUT2D eigenvalue weighted by Crippen LogP contribution is 2.38. The molecule has 2 aliphatic heterocycles. The van der Waals surface area contributed by atoms with Crippen LogP contribution in [0.1, 0.15) is 44.7 Å². The number of ether oxygens (including phenoxy) is 1. The van der Waals surface area contributed by atoms with Crippen molar-refractivity contribution < 1.29 is 4.74 Å². The van der Waals surface area contributed by atoms with E-state index in [4.69, 9.17) is 9.73 Å². The number of aryl methyl sites for hydroxylation is 1. The van der Waals surface area contributed by atoms with Gasteiger partial charge in [0.2, 0.25) is 0 Å². The molecule has 1 aromatic rings. The first-order chi connectivity index (χ1) is 11.9. The maximum absolute atomic E-state index is 5.67. The molecule has 1 aromatic carbocycles. The molecule has 4 nitrogen and oxygen atoms in total. The summed E-state index contributed by atoms with van der Waals surface area (Å²) in [6, 6.07) is 8.80. The summed E-state index contributed by atoms with van der Waals surface area (Å²) in [6.45, 7) is 14.5. The molecule has 3 rings (SSSR count). The first kappa shape index (κ1) is 18.2. The second kappa shape index (κ2) is 7.36. The first-order valence-corrected chi connectivity index (χ1v) is 9.62. The number of nitrogens with zero attached hydrogens (tertiary/aromatic N) is 2. The van der Waals surface area contributed by atoms with E-state index in [0.717, 1.165) is 45.4 Å². The van der Waals surface area contributed by atoms with Crippen molar-refractivity contribution in [1.82, 2.24) is 10.2 Å². The van der Waals surface area contributed by atoms with Crippen molar-refractivity contribution in [3.63, 3.8) is 0 Å². The Hall–Kier alpha value is -1.55. The summed E-state index contributed by atoms with van der Waals surface area (Å²) in [4.78, 5) is 7.45. The van der Waals surface area contributed by atoms with Crippen molar-refractivity contribution in [2.45, 2.75) is 46.0 Å². The molecule has 2 saturated heterocycles. The topological polar surface area (TPSA) is 36.9 Å². The van der Waals surface area contributed by atoms with E-state index in [1.807, 2.05) is 0 Å². The van der Waals surface area contributed by atoms with E-state index < -0.39 is 0 Å². The molecular weight excluding hydrogens is 310 g/mol. The molecule has 25 heavy (non-hydrogen) atoms. The lowest BCUT2D eigenvalue weighted by molar-refractivity contribution is 0.156. The van der Waals surface area contributed by atoms with Gasteiger partial charge in [-0.3, -0.25) is 4.99 Å². The van der Waals surface area contributed by atoms with E-state index in [-0.39, 0.29) is 5.41 Å². The van der Waals surface area contributed by atoms with Gasteiger partial charge in [-0.2, -0.15) is 0 Å². The molecule has 0 bridgehead atoms. The molecule has 0 radical (unpaired) electrons. The molecule has 0 aromatic heterocycles. The SMILES string of the molecule is CCNC(=NCC(C)(C)c1cccc(C)c1)N1CCC2(CCOC2)C1. The van der Waals surface area contributed by atoms with E-state index in [1.54, 1.807) is 0 Å². The first-order valence-electron chi connectivity index (χ1n) is 9.62. The second-order valence-electron chi connectivity index (χ2n) is 8.40. The minimum Gasteiger partial charge on any atom is -0.381 e. The van der Waals surface area contributed by atoms with E-state index >= 15 is 0 Å². The summed E-state index contributed by atoms with van der Waals surface area (Å²) in [6.07, 6.45) is 2.41. The van der Waals surface area contributed by atoms with Gasteiger partial charge >= 0.3 is 0 Å². The van der Waals surface area contributed by atoms with Crippen LogP contribution in [0, 0.1) is 12.3 Å². The number of hydrogen-bond donors (Lipinski definition) is 1. The number of likely N-dealkylation sites (tertiary alicyclic amines) is 1. The Bertz CT molecular complexity index is 617. The van der Waals surface area contributed by atoms with Crippen LogP contribution < -0.4 is 5.32 Å². The van der Waals surface area contributed by atoms with Crippen molar-refractivity contribution in [3.05, 3.63) is 35.4 Å². The number of nitrogens with one attached hydrogen (secondary N) is 1. The molecule has 1 N–H and O–H groups in total. The Labute approximate surface area is 152 Å². The zero-order valence-corrected chi connectivity index (χ0v) is 16.3. The largest absolute Gasteiger partial charge is 0.381 e. The number of aliphatic imine (C=N–C) groups is 1. The minimum absolute atomic E-state index is 0.0283. The van der Waals surface area contributed by atoms with E-state index in [9.17, 15) is 0 Å². The fourth-order valence-electron chi connectivity index (χ4n) is 3.94. The van der Waals surface area contributed by atoms with Gasteiger partial charge in [0.05, 0.1) is 13.2 Å². The molecule has 1 spiro atoms. The van der Waals surface area contributed by atoms with Gasteiger partial charge in [0.1, 0.15) is 0 Å².